The first-order valence-electron chi connectivity index (χ1n) is 6.66. The molecule has 100 valence electrons. The van der Waals surface area contributed by atoms with Crippen LogP contribution in [-0.2, 0) is 6.54 Å². The zero-order chi connectivity index (χ0) is 13.2. The predicted octanol–water partition coefficient (Wildman–Crippen LogP) is 2.84. The monoisotopic (exact) mass is 276 g/mol. The average molecular weight is 277 g/mol. The second-order valence-electron chi connectivity index (χ2n) is 5.14. The molecule has 0 amide bonds. The highest BCUT2D eigenvalue weighted by atomic mass is 35.5. The Morgan fingerprint density at radius 2 is 2.26 bits per heavy atom. The fourth-order valence-corrected chi connectivity index (χ4v) is 2.96. The molecule has 1 N–H and O–H groups in total. The van der Waals surface area contributed by atoms with Crippen molar-refractivity contribution in [2.75, 3.05) is 13.1 Å². The van der Waals surface area contributed by atoms with Gasteiger partial charge in [-0.1, -0.05) is 17.7 Å². The van der Waals surface area contributed by atoms with Gasteiger partial charge in [0, 0.05) is 29.7 Å². The molecule has 1 atom stereocenters. The number of nitrogens with zero attached hydrogens (tertiary/aromatic N) is 2. The summed E-state index contributed by atoms with van der Waals surface area (Å²) >= 11 is 6.20. The van der Waals surface area contributed by atoms with Crippen molar-refractivity contribution in [2.45, 2.75) is 25.5 Å². The fraction of sp³-hybridized carbons (Fsp3) is 0.400. The number of hydrogen-bond acceptors (Lipinski definition) is 3. The van der Waals surface area contributed by atoms with Gasteiger partial charge in [-0.15, -0.1) is 0 Å². The van der Waals surface area contributed by atoms with Gasteiger partial charge in [-0.2, -0.15) is 0 Å². The number of fused-ring (bicyclic) bond motifs is 1. The Balaban J connectivity index is 1.90. The van der Waals surface area contributed by atoms with Gasteiger partial charge in [0.2, 0.25) is 0 Å². The van der Waals surface area contributed by atoms with Crippen LogP contribution in [0.1, 0.15) is 18.4 Å². The first-order chi connectivity index (χ1) is 9.24. The minimum atomic E-state index is -0.194. The normalized spacial score (nSPS) is 20.8. The molecule has 3 nitrogen and oxygen atoms in total. The molecular weight excluding hydrogens is 260 g/mol. The van der Waals surface area contributed by atoms with E-state index in [0.717, 1.165) is 48.4 Å². The van der Waals surface area contributed by atoms with E-state index in [1.54, 1.807) is 6.20 Å². The second-order valence-corrected chi connectivity index (χ2v) is 5.54. The van der Waals surface area contributed by atoms with Crippen molar-refractivity contribution >= 4 is 22.5 Å². The largest absolute Gasteiger partial charge is 0.392 e. The molecule has 0 saturated carbocycles. The van der Waals surface area contributed by atoms with Crippen molar-refractivity contribution in [3.8, 4) is 0 Å². The molecule has 0 radical (unpaired) electrons. The van der Waals surface area contributed by atoms with Crippen LogP contribution in [0.2, 0.25) is 5.02 Å². The van der Waals surface area contributed by atoms with Crippen molar-refractivity contribution < 1.29 is 5.11 Å². The second kappa shape index (κ2) is 5.45. The van der Waals surface area contributed by atoms with Crippen LogP contribution >= 0.6 is 11.6 Å². The zero-order valence-corrected chi connectivity index (χ0v) is 11.5. The third-order valence-corrected chi connectivity index (χ3v) is 4.00. The molecule has 19 heavy (non-hydrogen) atoms. The summed E-state index contributed by atoms with van der Waals surface area (Å²) < 4.78 is 0. The van der Waals surface area contributed by atoms with Crippen molar-refractivity contribution in [3.05, 3.63) is 41.0 Å². The van der Waals surface area contributed by atoms with Crippen LogP contribution in [0.4, 0.5) is 0 Å². The van der Waals surface area contributed by atoms with Crippen LogP contribution < -0.4 is 0 Å². The van der Waals surface area contributed by atoms with Gasteiger partial charge >= 0.3 is 0 Å². The number of aliphatic hydroxyl groups is 1. The zero-order valence-electron chi connectivity index (χ0n) is 10.7. The summed E-state index contributed by atoms with van der Waals surface area (Å²) in [4.78, 5) is 6.74. The van der Waals surface area contributed by atoms with Crippen LogP contribution in [-0.4, -0.2) is 34.2 Å². The van der Waals surface area contributed by atoms with Gasteiger partial charge in [0.05, 0.1) is 11.6 Å². The lowest BCUT2D eigenvalue weighted by atomic mass is 10.1. The highest BCUT2D eigenvalue weighted by molar-refractivity contribution is 6.35. The van der Waals surface area contributed by atoms with Crippen LogP contribution in [0, 0.1) is 0 Å². The fourth-order valence-electron chi connectivity index (χ4n) is 2.74. The molecule has 0 spiro atoms. The molecule has 2 aromatic rings. The van der Waals surface area contributed by atoms with Gasteiger partial charge in [-0.25, -0.2) is 0 Å². The van der Waals surface area contributed by atoms with E-state index in [-0.39, 0.29) is 6.10 Å². The van der Waals surface area contributed by atoms with Gasteiger partial charge in [0.25, 0.3) is 0 Å². The topological polar surface area (TPSA) is 36.4 Å². The highest BCUT2D eigenvalue weighted by Gasteiger charge is 2.18. The van der Waals surface area contributed by atoms with Crippen molar-refractivity contribution in [1.29, 1.82) is 0 Å². The molecule has 0 aliphatic carbocycles. The van der Waals surface area contributed by atoms with E-state index in [1.165, 1.54) is 5.56 Å². The number of β-amino-alcohol motifs (C(OH)–C–C–N with tert-alkyl or cyclic N) is 1. The maximum absolute atomic E-state index is 9.74. The number of piperidine rings is 1. The number of aliphatic hydroxyl groups excluding tert-OH is 1. The van der Waals surface area contributed by atoms with Gasteiger partial charge in [-0.05, 0) is 43.1 Å². The third kappa shape index (κ3) is 2.73. The number of hydrogen-bond donors (Lipinski definition) is 1. The number of aromatic nitrogens is 1. The minimum Gasteiger partial charge on any atom is -0.392 e. The van der Waals surface area contributed by atoms with Crippen LogP contribution in [0.25, 0.3) is 10.9 Å². The van der Waals surface area contributed by atoms with E-state index < -0.39 is 0 Å². The van der Waals surface area contributed by atoms with E-state index in [1.807, 2.05) is 24.3 Å². The van der Waals surface area contributed by atoms with Crippen LogP contribution in [0.15, 0.2) is 30.5 Å². The summed E-state index contributed by atoms with van der Waals surface area (Å²) in [6.07, 6.45) is 3.57. The molecule has 1 fully saturated rings. The Kier molecular flexibility index (Phi) is 3.69. The standard InChI is InChI=1S/C15H17ClN2O/c16-14-6-5-11(15-13(14)4-1-7-17-15)9-18-8-2-3-12(19)10-18/h1,4-7,12,19H,2-3,8-10H2. The molecule has 0 bridgehead atoms. The highest BCUT2D eigenvalue weighted by Crippen LogP contribution is 2.26. The summed E-state index contributed by atoms with van der Waals surface area (Å²) in [6, 6.07) is 7.88. The lowest BCUT2D eigenvalue weighted by Gasteiger charge is -2.30. The number of rotatable bonds is 2. The Bertz CT molecular complexity index is 587. The summed E-state index contributed by atoms with van der Waals surface area (Å²) in [6.45, 7) is 2.60. The smallest absolute Gasteiger partial charge is 0.0761 e. The Morgan fingerprint density at radius 3 is 3.11 bits per heavy atom. The van der Waals surface area contributed by atoms with E-state index >= 15 is 0 Å². The van der Waals surface area contributed by atoms with Gasteiger partial charge in [0.1, 0.15) is 0 Å². The van der Waals surface area contributed by atoms with E-state index in [0.29, 0.717) is 0 Å². The van der Waals surface area contributed by atoms with Crippen molar-refractivity contribution in [1.82, 2.24) is 9.88 Å². The third-order valence-electron chi connectivity index (χ3n) is 3.67. The SMILES string of the molecule is OC1CCCN(Cc2ccc(Cl)c3cccnc23)C1. The van der Waals surface area contributed by atoms with Crippen molar-refractivity contribution in [2.24, 2.45) is 0 Å². The van der Waals surface area contributed by atoms with E-state index in [2.05, 4.69) is 9.88 Å². The van der Waals surface area contributed by atoms with Gasteiger partial charge < -0.3 is 5.11 Å². The number of pyridine rings is 1. The maximum atomic E-state index is 9.74. The minimum absolute atomic E-state index is 0.194. The molecule has 1 unspecified atom stereocenters. The van der Waals surface area contributed by atoms with Crippen molar-refractivity contribution in [3.63, 3.8) is 0 Å². The summed E-state index contributed by atoms with van der Waals surface area (Å²) in [5.74, 6) is 0. The summed E-state index contributed by atoms with van der Waals surface area (Å²) in [5.41, 5.74) is 2.14. The van der Waals surface area contributed by atoms with E-state index in [9.17, 15) is 5.11 Å². The molecule has 3 rings (SSSR count). The molecule has 1 aliphatic heterocycles. The first kappa shape index (κ1) is 12.9. The Labute approximate surface area is 117 Å². The average Bonchev–Trinajstić information content (AvgIpc) is 2.42. The molecule has 1 aliphatic rings. The number of likely N-dealkylation sites (tertiary alicyclic amines) is 1. The van der Waals surface area contributed by atoms with Gasteiger partial charge in [0.15, 0.2) is 0 Å². The molecule has 4 heteroatoms. The summed E-state index contributed by atoms with van der Waals surface area (Å²) in [7, 11) is 0. The van der Waals surface area contributed by atoms with Crippen LogP contribution in [0.3, 0.4) is 0 Å². The lowest BCUT2D eigenvalue weighted by molar-refractivity contribution is 0.0670. The molecule has 1 aromatic carbocycles. The predicted molar refractivity (Wildman–Crippen MR) is 77.3 cm³/mol. The van der Waals surface area contributed by atoms with Gasteiger partial charge in [-0.3, -0.25) is 9.88 Å². The number of halogens is 1. The summed E-state index contributed by atoms with van der Waals surface area (Å²) in [5, 5.41) is 11.5. The quantitative estimate of drug-likeness (QED) is 0.916. The lowest BCUT2D eigenvalue weighted by Crippen LogP contribution is -2.37. The van der Waals surface area contributed by atoms with E-state index in [4.69, 9.17) is 11.6 Å². The Morgan fingerprint density at radius 1 is 1.37 bits per heavy atom. The Hall–Kier alpha value is -1.16. The van der Waals surface area contributed by atoms with Crippen LogP contribution in [0.5, 0.6) is 0 Å². The molecule has 1 saturated heterocycles. The number of benzene rings is 1. The molecule has 1 aromatic heterocycles. The first-order valence-corrected chi connectivity index (χ1v) is 7.04. The maximum Gasteiger partial charge on any atom is 0.0761 e. The molecular formula is C15H17ClN2O. The molecule has 2 heterocycles.